The van der Waals surface area contributed by atoms with Crippen molar-refractivity contribution in [3.8, 4) is 27.9 Å². The van der Waals surface area contributed by atoms with Gasteiger partial charge in [0.2, 0.25) is 0 Å². The molecule has 2 heteroatoms. The smallest absolute Gasteiger partial charge is 0.0562 e. The highest BCUT2D eigenvalue weighted by atomic mass is 15.0. The predicted molar refractivity (Wildman–Crippen MR) is 152 cm³/mol. The Bertz CT molecular complexity index is 1940. The number of aromatic nitrogens is 1. The van der Waals surface area contributed by atoms with Gasteiger partial charge in [0.15, 0.2) is 0 Å². The van der Waals surface area contributed by atoms with Gasteiger partial charge in [0, 0.05) is 38.8 Å². The van der Waals surface area contributed by atoms with Gasteiger partial charge in [-0.2, -0.15) is 0 Å². The van der Waals surface area contributed by atoms with Crippen LogP contribution in [-0.4, -0.2) is 4.57 Å². The van der Waals surface area contributed by atoms with Crippen molar-refractivity contribution in [1.29, 1.82) is 0 Å². The van der Waals surface area contributed by atoms with E-state index in [1.807, 2.05) is 0 Å². The molecule has 36 heavy (non-hydrogen) atoms. The normalized spacial score (nSPS) is 12.1. The van der Waals surface area contributed by atoms with E-state index in [-0.39, 0.29) is 0 Å². The molecule has 1 aromatic heterocycles. The van der Waals surface area contributed by atoms with Crippen molar-refractivity contribution in [1.82, 2.24) is 4.57 Å². The number of fused-ring (bicyclic) bond motifs is 5. The van der Waals surface area contributed by atoms with Gasteiger partial charge in [-0.15, -0.1) is 0 Å². The number of nitrogens with zero attached hydrogens (tertiary/aromatic N) is 1. The zero-order chi connectivity index (χ0) is 23.6. The first-order valence-electron chi connectivity index (χ1n) is 12.4. The zero-order valence-electron chi connectivity index (χ0n) is 19.6. The Morgan fingerprint density at radius 1 is 0.472 bits per heavy atom. The molecule has 2 nitrogen and oxygen atoms in total. The lowest BCUT2D eigenvalue weighted by molar-refractivity contribution is 1.18. The first-order valence-corrected chi connectivity index (χ1v) is 12.4. The highest BCUT2D eigenvalue weighted by Crippen LogP contribution is 2.47. The maximum absolute atomic E-state index is 3.74. The van der Waals surface area contributed by atoms with E-state index in [0.29, 0.717) is 0 Å². The third kappa shape index (κ3) is 2.73. The predicted octanol–water partition coefficient (Wildman–Crippen LogP) is 9.33. The average Bonchev–Trinajstić information content (AvgIpc) is 3.26. The van der Waals surface area contributed by atoms with E-state index in [9.17, 15) is 0 Å². The first kappa shape index (κ1) is 19.5. The first-order chi connectivity index (χ1) is 17.8. The van der Waals surface area contributed by atoms with Crippen molar-refractivity contribution in [2.45, 2.75) is 0 Å². The number of anilines is 2. The van der Waals surface area contributed by atoms with E-state index < -0.39 is 0 Å². The van der Waals surface area contributed by atoms with Crippen LogP contribution in [0.15, 0.2) is 127 Å². The van der Waals surface area contributed by atoms with E-state index in [1.165, 1.54) is 66.2 Å². The standard InChI is InChI=1S/C34H22N2/c1-3-9-22(10-4-1)24-17-18-32-28(19-24)29-20-27-26-15-7-11-23-12-8-16-30(34(23)26)35-31(27)21-33(29)36(32)25-13-5-2-6-14-25/h1-21,35H. The molecule has 7 aromatic rings. The van der Waals surface area contributed by atoms with Crippen molar-refractivity contribution < 1.29 is 0 Å². The highest BCUT2D eigenvalue weighted by Gasteiger charge is 2.21. The van der Waals surface area contributed by atoms with Gasteiger partial charge in [-0.25, -0.2) is 0 Å². The molecule has 0 aliphatic carbocycles. The lowest BCUT2D eigenvalue weighted by Gasteiger charge is -2.23. The van der Waals surface area contributed by atoms with E-state index in [2.05, 4.69) is 137 Å². The minimum absolute atomic E-state index is 1.15. The molecule has 0 saturated carbocycles. The summed E-state index contributed by atoms with van der Waals surface area (Å²) in [6, 6.07) is 46.0. The second kappa shape index (κ2) is 7.34. The third-order valence-electron chi connectivity index (χ3n) is 7.49. The Hall–Kier alpha value is -4.82. The fraction of sp³-hybridized carbons (Fsp3) is 0. The molecule has 0 radical (unpaired) electrons. The fourth-order valence-corrected chi connectivity index (χ4v) is 5.87. The van der Waals surface area contributed by atoms with E-state index in [1.54, 1.807) is 0 Å². The summed E-state index contributed by atoms with van der Waals surface area (Å²) in [5, 5.41) is 8.84. The molecule has 0 atom stereocenters. The summed E-state index contributed by atoms with van der Waals surface area (Å²) in [6.45, 7) is 0. The summed E-state index contributed by atoms with van der Waals surface area (Å²) >= 11 is 0. The fourth-order valence-electron chi connectivity index (χ4n) is 5.87. The summed E-state index contributed by atoms with van der Waals surface area (Å²) in [6.07, 6.45) is 0. The van der Waals surface area contributed by atoms with Crippen molar-refractivity contribution >= 4 is 44.0 Å². The molecule has 2 heterocycles. The molecule has 0 bridgehead atoms. The van der Waals surface area contributed by atoms with E-state index in [4.69, 9.17) is 0 Å². The number of benzene rings is 6. The van der Waals surface area contributed by atoms with Crippen LogP contribution >= 0.6 is 0 Å². The molecule has 0 saturated heterocycles. The molecule has 0 fully saturated rings. The maximum atomic E-state index is 3.74. The number of para-hydroxylation sites is 1. The van der Waals surface area contributed by atoms with Crippen LogP contribution in [0.4, 0.5) is 11.4 Å². The second-order valence-corrected chi connectivity index (χ2v) is 9.52. The summed E-state index contributed by atoms with van der Waals surface area (Å²) in [7, 11) is 0. The van der Waals surface area contributed by atoms with Gasteiger partial charge in [-0.05, 0) is 64.5 Å². The van der Waals surface area contributed by atoms with Gasteiger partial charge >= 0.3 is 0 Å². The SMILES string of the molecule is c1ccc(-c2ccc3c(c2)c2cc4c(cc2n3-c2ccccc2)Nc2cccc3cccc-4c23)cc1. The van der Waals surface area contributed by atoms with Gasteiger partial charge in [-0.1, -0.05) is 84.9 Å². The molecular formula is C34H22N2. The maximum Gasteiger partial charge on any atom is 0.0562 e. The number of hydrogen-bond donors (Lipinski definition) is 1. The lowest BCUT2D eigenvalue weighted by Crippen LogP contribution is -2.01. The average molecular weight is 459 g/mol. The molecule has 8 rings (SSSR count). The van der Waals surface area contributed by atoms with Gasteiger partial charge in [0.25, 0.3) is 0 Å². The minimum atomic E-state index is 1.15. The molecule has 168 valence electrons. The van der Waals surface area contributed by atoms with Crippen LogP contribution in [0, 0.1) is 0 Å². The quantitative estimate of drug-likeness (QED) is 0.273. The van der Waals surface area contributed by atoms with Crippen molar-refractivity contribution in [2.75, 3.05) is 5.32 Å². The summed E-state index contributed by atoms with van der Waals surface area (Å²) < 4.78 is 2.39. The van der Waals surface area contributed by atoms with Crippen LogP contribution in [0.2, 0.25) is 0 Å². The van der Waals surface area contributed by atoms with Crippen LogP contribution in [-0.2, 0) is 0 Å². The Balaban J connectivity index is 1.49. The zero-order valence-corrected chi connectivity index (χ0v) is 19.6. The summed E-state index contributed by atoms with van der Waals surface area (Å²) in [4.78, 5) is 0. The van der Waals surface area contributed by atoms with Crippen LogP contribution in [0.1, 0.15) is 0 Å². The van der Waals surface area contributed by atoms with Crippen LogP contribution in [0.25, 0.3) is 60.5 Å². The molecular weight excluding hydrogens is 436 g/mol. The van der Waals surface area contributed by atoms with Gasteiger partial charge in [0.05, 0.1) is 11.0 Å². The number of nitrogens with one attached hydrogen (secondary N) is 1. The molecule has 0 amide bonds. The van der Waals surface area contributed by atoms with E-state index >= 15 is 0 Å². The van der Waals surface area contributed by atoms with Gasteiger partial charge < -0.3 is 9.88 Å². The van der Waals surface area contributed by atoms with Gasteiger partial charge in [-0.3, -0.25) is 0 Å². The third-order valence-corrected chi connectivity index (χ3v) is 7.49. The number of rotatable bonds is 2. The highest BCUT2D eigenvalue weighted by molar-refractivity contribution is 6.17. The topological polar surface area (TPSA) is 17.0 Å². The van der Waals surface area contributed by atoms with Crippen LogP contribution in [0.3, 0.4) is 0 Å². The summed E-state index contributed by atoms with van der Waals surface area (Å²) in [5.74, 6) is 0. The van der Waals surface area contributed by atoms with E-state index in [0.717, 1.165) is 5.69 Å². The molecule has 6 aromatic carbocycles. The van der Waals surface area contributed by atoms with Crippen molar-refractivity contribution in [2.24, 2.45) is 0 Å². The lowest BCUT2D eigenvalue weighted by atomic mass is 9.91. The Morgan fingerprint density at radius 3 is 2.06 bits per heavy atom. The van der Waals surface area contributed by atoms with Crippen LogP contribution < -0.4 is 5.32 Å². The molecule has 0 unspecified atom stereocenters. The van der Waals surface area contributed by atoms with Gasteiger partial charge in [0.1, 0.15) is 0 Å². The second-order valence-electron chi connectivity index (χ2n) is 9.52. The Labute approximate surface area is 209 Å². The minimum Gasteiger partial charge on any atom is -0.354 e. The van der Waals surface area contributed by atoms with Crippen molar-refractivity contribution in [3.05, 3.63) is 127 Å². The van der Waals surface area contributed by atoms with Crippen LogP contribution in [0.5, 0.6) is 0 Å². The molecule has 1 aliphatic heterocycles. The Kier molecular flexibility index (Phi) is 3.97. The largest absolute Gasteiger partial charge is 0.354 e. The number of hydrogen-bond acceptors (Lipinski definition) is 1. The Morgan fingerprint density at radius 2 is 1.22 bits per heavy atom. The summed E-state index contributed by atoms with van der Waals surface area (Å²) in [5.41, 5.74) is 10.9. The monoisotopic (exact) mass is 458 g/mol. The molecule has 0 spiro atoms. The molecule has 1 aliphatic rings. The van der Waals surface area contributed by atoms with Crippen molar-refractivity contribution in [3.63, 3.8) is 0 Å². The molecule has 1 N–H and O–H groups in total.